The molecule has 0 aromatic rings. The Kier molecular flexibility index (Phi) is 3.99. The van der Waals surface area contributed by atoms with Crippen LogP contribution in [-0.2, 0) is 14.3 Å². The second kappa shape index (κ2) is 4.04. The summed E-state index contributed by atoms with van der Waals surface area (Å²) in [4.78, 5) is 0. The lowest BCUT2D eigenvalue weighted by molar-refractivity contribution is 0.00446. The van der Waals surface area contributed by atoms with E-state index in [1.807, 2.05) is 0 Å². The van der Waals surface area contributed by atoms with Crippen molar-refractivity contribution in [1.29, 1.82) is 0 Å². The number of hydrogen-bond donors (Lipinski definition) is 1. The van der Waals surface area contributed by atoms with Gasteiger partial charge in [-0.05, 0) is 20.3 Å². The molecule has 0 radical (unpaired) electrons. The van der Waals surface area contributed by atoms with Crippen molar-refractivity contribution in [2.45, 2.75) is 38.7 Å². The third-order valence-corrected chi connectivity index (χ3v) is 3.21. The molecule has 2 atom stereocenters. The van der Waals surface area contributed by atoms with Crippen LogP contribution in [0.5, 0.6) is 0 Å². The highest BCUT2D eigenvalue weighted by atomic mass is 32.2. The fraction of sp³-hybridized carbons (Fsp3) is 1.00. The van der Waals surface area contributed by atoms with Crippen LogP contribution in [0, 0.1) is 0 Å². The monoisotopic (exact) mass is 182 g/mol. The Morgan fingerprint density at radius 1 is 1.45 bits per heavy atom. The predicted octanol–water partition coefficient (Wildman–Crippen LogP) is 0.470. The molecule has 2 unspecified atom stereocenters. The van der Waals surface area contributed by atoms with E-state index < -0.39 is 21.7 Å². The second-order valence-electron chi connectivity index (χ2n) is 2.41. The molecular weight excluding hydrogens is 168 g/mol. The van der Waals surface area contributed by atoms with Crippen LogP contribution >= 0.6 is 0 Å². The van der Waals surface area contributed by atoms with Crippen molar-refractivity contribution in [3.8, 4) is 0 Å². The summed E-state index contributed by atoms with van der Waals surface area (Å²) >= 11 is 0. The van der Waals surface area contributed by atoms with Gasteiger partial charge in [-0.15, -0.1) is 0 Å². The third-order valence-electron chi connectivity index (χ3n) is 1.34. The molecule has 0 amide bonds. The first-order chi connectivity index (χ1) is 4.90. The van der Waals surface area contributed by atoms with Gasteiger partial charge in [0.05, 0.1) is 5.25 Å². The van der Waals surface area contributed by atoms with Crippen LogP contribution in [0.1, 0.15) is 27.2 Å². The fourth-order valence-electron chi connectivity index (χ4n) is 0.493. The Morgan fingerprint density at radius 2 is 1.91 bits per heavy atom. The summed E-state index contributed by atoms with van der Waals surface area (Å²) in [6, 6.07) is 0. The molecule has 0 saturated heterocycles. The van der Waals surface area contributed by atoms with E-state index >= 15 is 0 Å². The summed E-state index contributed by atoms with van der Waals surface area (Å²) in [6.07, 6.45) is -0.774. The van der Waals surface area contributed by atoms with Gasteiger partial charge in [-0.2, -0.15) is 8.42 Å². The molecule has 0 heterocycles. The van der Waals surface area contributed by atoms with Gasteiger partial charge in [0.25, 0.3) is 10.1 Å². The molecule has 0 aliphatic rings. The molecule has 0 spiro atoms. The minimum Gasteiger partial charge on any atom is -0.367 e. The molecule has 0 aliphatic heterocycles. The molecule has 1 N–H and O–H groups in total. The van der Waals surface area contributed by atoms with Gasteiger partial charge in [0, 0.05) is 0 Å². The van der Waals surface area contributed by atoms with E-state index in [1.54, 1.807) is 6.92 Å². The van der Waals surface area contributed by atoms with Crippen molar-refractivity contribution in [2.75, 3.05) is 0 Å². The van der Waals surface area contributed by atoms with E-state index in [9.17, 15) is 8.42 Å². The van der Waals surface area contributed by atoms with Gasteiger partial charge in [-0.3, -0.25) is 0 Å². The van der Waals surface area contributed by atoms with E-state index in [0.717, 1.165) is 0 Å². The van der Waals surface area contributed by atoms with Crippen LogP contribution in [0.3, 0.4) is 0 Å². The topological polar surface area (TPSA) is 63.6 Å². The summed E-state index contributed by atoms with van der Waals surface area (Å²) in [5.74, 6) is 0. The Labute approximate surface area is 67.3 Å². The predicted molar refractivity (Wildman–Crippen MR) is 41.4 cm³/mol. The van der Waals surface area contributed by atoms with Crippen molar-refractivity contribution in [1.82, 2.24) is 0 Å². The number of aliphatic hydroxyl groups excluding tert-OH is 1. The molecule has 0 bridgehead atoms. The zero-order chi connectivity index (χ0) is 9.07. The maximum absolute atomic E-state index is 11.0. The first-order valence-corrected chi connectivity index (χ1v) is 4.97. The fourth-order valence-corrected chi connectivity index (χ4v) is 1.48. The van der Waals surface area contributed by atoms with Crippen molar-refractivity contribution in [3.63, 3.8) is 0 Å². The zero-order valence-corrected chi connectivity index (χ0v) is 7.76. The van der Waals surface area contributed by atoms with Gasteiger partial charge < -0.3 is 5.11 Å². The van der Waals surface area contributed by atoms with E-state index in [2.05, 4.69) is 4.18 Å². The maximum Gasteiger partial charge on any atom is 0.272 e. The average molecular weight is 182 g/mol. The molecule has 0 aromatic carbocycles. The van der Waals surface area contributed by atoms with Crippen LogP contribution in [-0.4, -0.2) is 25.1 Å². The molecular formula is C6H14O4S. The van der Waals surface area contributed by atoms with Crippen molar-refractivity contribution in [2.24, 2.45) is 0 Å². The van der Waals surface area contributed by atoms with Crippen molar-refractivity contribution in [3.05, 3.63) is 0 Å². The van der Waals surface area contributed by atoms with Crippen LogP contribution in [0.4, 0.5) is 0 Å². The van der Waals surface area contributed by atoms with Crippen LogP contribution < -0.4 is 0 Å². The summed E-state index contributed by atoms with van der Waals surface area (Å²) in [5.41, 5.74) is 0. The quantitative estimate of drug-likeness (QED) is 0.507. The van der Waals surface area contributed by atoms with E-state index in [1.165, 1.54) is 13.8 Å². The van der Waals surface area contributed by atoms with Gasteiger partial charge in [-0.1, -0.05) is 6.92 Å². The normalized spacial score (nSPS) is 17.8. The minimum absolute atomic E-state index is 0.481. The third kappa shape index (κ3) is 3.69. The SMILES string of the molecule is CCC(C)S(=O)(=O)OC(C)O. The average Bonchev–Trinajstić information content (AvgIpc) is 1.83. The van der Waals surface area contributed by atoms with E-state index in [-0.39, 0.29) is 0 Å². The van der Waals surface area contributed by atoms with Gasteiger partial charge in [0.15, 0.2) is 6.29 Å². The molecule has 0 fully saturated rings. The molecule has 11 heavy (non-hydrogen) atoms. The molecule has 0 saturated carbocycles. The minimum atomic E-state index is -3.56. The summed E-state index contributed by atoms with van der Waals surface area (Å²) < 4.78 is 26.3. The van der Waals surface area contributed by atoms with Gasteiger partial charge >= 0.3 is 0 Å². The highest BCUT2D eigenvalue weighted by Crippen LogP contribution is 2.08. The number of rotatable bonds is 4. The lowest BCUT2D eigenvalue weighted by atomic mass is 10.4. The van der Waals surface area contributed by atoms with Crippen LogP contribution in [0.15, 0.2) is 0 Å². The summed E-state index contributed by atoms with van der Waals surface area (Å²) in [5, 5.41) is 8.07. The van der Waals surface area contributed by atoms with Crippen molar-refractivity contribution >= 4 is 10.1 Å². The van der Waals surface area contributed by atoms with Gasteiger partial charge in [-0.25, -0.2) is 4.18 Å². The van der Waals surface area contributed by atoms with Crippen LogP contribution in [0.2, 0.25) is 0 Å². The lowest BCUT2D eigenvalue weighted by Crippen LogP contribution is -2.23. The standard InChI is InChI=1S/C6H14O4S/c1-4-5(2)11(8,9)10-6(3)7/h5-7H,4H2,1-3H3. The number of hydrogen-bond acceptors (Lipinski definition) is 4. The second-order valence-corrected chi connectivity index (χ2v) is 4.39. The molecule has 68 valence electrons. The molecule has 0 aromatic heterocycles. The van der Waals surface area contributed by atoms with E-state index in [4.69, 9.17) is 5.11 Å². The molecule has 4 nitrogen and oxygen atoms in total. The molecule has 5 heteroatoms. The highest BCUT2D eigenvalue weighted by Gasteiger charge is 2.21. The first kappa shape index (κ1) is 10.9. The Morgan fingerprint density at radius 3 is 2.18 bits per heavy atom. The van der Waals surface area contributed by atoms with Gasteiger partial charge in [0.2, 0.25) is 0 Å². The first-order valence-electron chi connectivity index (χ1n) is 3.50. The summed E-state index contributed by atoms with van der Waals surface area (Å²) in [6.45, 7) is 4.55. The van der Waals surface area contributed by atoms with E-state index in [0.29, 0.717) is 6.42 Å². The number of aliphatic hydroxyl groups is 1. The van der Waals surface area contributed by atoms with Gasteiger partial charge in [0.1, 0.15) is 0 Å². The highest BCUT2D eigenvalue weighted by molar-refractivity contribution is 7.87. The Hall–Kier alpha value is -0.130. The summed E-state index contributed by atoms with van der Waals surface area (Å²) in [7, 11) is -3.56. The maximum atomic E-state index is 11.0. The Bertz CT molecular complexity index is 195. The smallest absolute Gasteiger partial charge is 0.272 e. The lowest BCUT2D eigenvalue weighted by Gasteiger charge is -2.11. The molecule has 0 rings (SSSR count). The van der Waals surface area contributed by atoms with Crippen molar-refractivity contribution < 1.29 is 17.7 Å². The molecule has 0 aliphatic carbocycles. The zero-order valence-electron chi connectivity index (χ0n) is 6.94. The largest absolute Gasteiger partial charge is 0.367 e. The van der Waals surface area contributed by atoms with Crippen LogP contribution in [0.25, 0.3) is 0 Å². The Balaban J connectivity index is 4.23.